The van der Waals surface area contributed by atoms with E-state index in [1.165, 1.54) is 22.2 Å². The molecule has 2 aromatic heterocycles. The maximum Gasteiger partial charge on any atom is 0.241 e. The summed E-state index contributed by atoms with van der Waals surface area (Å²) in [6, 6.07) is 0. The number of hydrogen-bond acceptors (Lipinski definition) is 7. The van der Waals surface area contributed by atoms with Gasteiger partial charge >= 0.3 is 0 Å². The van der Waals surface area contributed by atoms with Gasteiger partial charge in [-0.25, -0.2) is 9.97 Å². The van der Waals surface area contributed by atoms with Gasteiger partial charge in [-0.1, -0.05) is 18.7 Å². The highest BCUT2D eigenvalue weighted by molar-refractivity contribution is 7.98. The van der Waals surface area contributed by atoms with Gasteiger partial charge in [0.15, 0.2) is 11.0 Å². The van der Waals surface area contributed by atoms with Crippen molar-refractivity contribution in [3.05, 3.63) is 10.4 Å². The van der Waals surface area contributed by atoms with Crippen molar-refractivity contribution in [3.8, 4) is 0 Å². The van der Waals surface area contributed by atoms with E-state index in [4.69, 9.17) is 4.74 Å². The van der Waals surface area contributed by atoms with Crippen LogP contribution in [0, 0.1) is 5.92 Å². The van der Waals surface area contributed by atoms with Crippen molar-refractivity contribution in [1.82, 2.24) is 15.4 Å². The minimum Gasteiger partial charge on any atom is -0.369 e. The van der Waals surface area contributed by atoms with Gasteiger partial charge in [-0.05, 0) is 38.0 Å². The molecule has 2 N–H and O–H groups in total. The second-order valence-electron chi connectivity index (χ2n) is 6.90. The van der Waals surface area contributed by atoms with Crippen LogP contribution in [-0.2, 0) is 22.6 Å². The molecule has 25 heavy (non-hydrogen) atoms. The molecule has 0 radical (unpaired) electrons. The van der Waals surface area contributed by atoms with Crippen LogP contribution in [0.15, 0.2) is 5.16 Å². The smallest absolute Gasteiger partial charge is 0.241 e. The van der Waals surface area contributed by atoms with Crippen LogP contribution in [0.5, 0.6) is 0 Å². The summed E-state index contributed by atoms with van der Waals surface area (Å²) in [7, 11) is 0. The number of rotatable bonds is 5. The van der Waals surface area contributed by atoms with Crippen LogP contribution in [0.4, 0.5) is 5.82 Å². The number of nitrogens with one attached hydrogen (secondary N) is 2. The van der Waals surface area contributed by atoms with Crippen LogP contribution in [-0.4, -0.2) is 27.7 Å². The van der Waals surface area contributed by atoms with Gasteiger partial charge in [0.1, 0.15) is 4.83 Å². The Morgan fingerprint density at radius 2 is 2.24 bits per heavy atom. The summed E-state index contributed by atoms with van der Waals surface area (Å²) < 4.78 is 6.07. The van der Waals surface area contributed by atoms with E-state index < -0.39 is 0 Å². The van der Waals surface area contributed by atoms with E-state index in [-0.39, 0.29) is 17.4 Å². The van der Waals surface area contributed by atoms with Crippen molar-refractivity contribution in [2.24, 2.45) is 5.92 Å². The van der Waals surface area contributed by atoms with E-state index in [0.29, 0.717) is 17.6 Å². The summed E-state index contributed by atoms with van der Waals surface area (Å²) in [6.45, 7) is 4.92. The first-order chi connectivity index (χ1) is 12.0. The number of thioether (sulfide) groups is 1. The van der Waals surface area contributed by atoms with Crippen LogP contribution in [0.1, 0.15) is 43.6 Å². The van der Waals surface area contributed by atoms with Gasteiger partial charge in [0.05, 0.1) is 17.6 Å². The number of aromatic nitrogens is 2. The summed E-state index contributed by atoms with van der Waals surface area (Å²) in [5, 5.41) is 1.73. The number of fused-ring (bicyclic) bond motifs is 3. The zero-order valence-electron chi connectivity index (χ0n) is 14.6. The molecule has 1 amide bonds. The molecule has 0 spiro atoms. The lowest BCUT2D eigenvalue weighted by Gasteiger charge is -2.33. The van der Waals surface area contributed by atoms with E-state index in [9.17, 15) is 4.79 Å². The third-order valence-electron chi connectivity index (χ3n) is 5.00. The molecule has 2 aromatic rings. The Kier molecular flexibility index (Phi) is 4.37. The molecular formula is C17H22N4O2S2. The Morgan fingerprint density at radius 3 is 2.92 bits per heavy atom. The van der Waals surface area contributed by atoms with Crippen molar-refractivity contribution in [2.75, 3.05) is 11.7 Å². The Labute approximate surface area is 155 Å². The van der Waals surface area contributed by atoms with Crippen LogP contribution < -0.4 is 10.9 Å². The van der Waals surface area contributed by atoms with Gasteiger partial charge in [0.2, 0.25) is 5.91 Å². The second-order valence-corrected chi connectivity index (χ2v) is 8.76. The number of hydrogen-bond donors (Lipinski definition) is 2. The predicted octanol–water partition coefficient (Wildman–Crippen LogP) is 3.51. The normalized spacial score (nSPS) is 22.7. The van der Waals surface area contributed by atoms with Crippen LogP contribution >= 0.6 is 23.1 Å². The molecule has 1 fully saturated rings. The summed E-state index contributed by atoms with van der Waals surface area (Å²) in [6.07, 6.45) is 5.70. The molecule has 1 aliphatic heterocycles. The van der Waals surface area contributed by atoms with Crippen molar-refractivity contribution < 1.29 is 9.53 Å². The number of ether oxygens (including phenoxy) is 1. The molecule has 4 rings (SSSR count). The molecule has 8 heteroatoms. The average molecular weight is 379 g/mol. The van der Waals surface area contributed by atoms with Crippen LogP contribution in [0.3, 0.4) is 0 Å². The summed E-state index contributed by atoms with van der Waals surface area (Å²) in [4.78, 5) is 23.5. The minimum atomic E-state index is -0.159. The molecule has 3 heterocycles. The molecule has 6 nitrogen and oxygen atoms in total. The van der Waals surface area contributed by atoms with Crippen molar-refractivity contribution >= 4 is 45.0 Å². The lowest BCUT2D eigenvalue weighted by molar-refractivity contribution is -0.121. The first-order valence-electron chi connectivity index (χ1n) is 8.59. The van der Waals surface area contributed by atoms with Crippen molar-refractivity contribution in [2.45, 2.75) is 56.9 Å². The quantitative estimate of drug-likeness (QED) is 0.471. The highest BCUT2D eigenvalue weighted by Crippen LogP contribution is 2.42. The number of thiophene rings is 1. The highest BCUT2D eigenvalue weighted by atomic mass is 32.2. The molecule has 0 unspecified atom stereocenters. The fourth-order valence-corrected chi connectivity index (χ4v) is 4.56. The molecular weight excluding hydrogens is 356 g/mol. The summed E-state index contributed by atoms with van der Waals surface area (Å²) >= 11 is 3.17. The Morgan fingerprint density at radius 1 is 1.44 bits per heavy atom. The molecule has 1 atom stereocenters. The molecule has 134 valence electrons. The third-order valence-corrected chi connectivity index (χ3v) is 6.65. The van der Waals surface area contributed by atoms with E-state index in [1.54, 1.807) is 11.3 Å². The number of carbonyl (C=O) groups excluding carboxylic acids is 1. The first-order valence-corrected chi connectivity index (χ1v) is 10.6. The fraction of sp³-hybridized carbons (Fsp3) is 0.588. The monoisotopic (exact) mass is 378 g/mol. The lowest BCUT2D eigenvalue weighted by atomic mass is 9.90. The molecule has 0 aromatic carbocycles. The standard InChI is InChI=1S/C17H22N4O2S2/c1-4-17(2)7-10-11(8-23-17)25-15-12(10)13(18-16(19-15)24-3)20-21-14(22)9-5-6-9/h9H,4-8H2,1-3H3,(H,21,22)(H,18,19,20)/t17-/m0/s1. The molecule has 1 saturated carbocycles. The maximum atomic E-state index is 12.0. The van der Waals surface area contributed by atoms with Crippen molar-refractivity contribution in [1.29, 1.82) is 0 Å². The summed E-state index contributed by atoms with van der Waals surface area (Å²) in [5.74, 6) is 0.891. The predicted molar refractivity (Wildman–Crippen MR) is 101 cm³/mol. The summed E-state index contributed by atoms with van der Waals surface area (Å²) in [5.41, 5.74) is 6.98. The van der Waals surface area contributed by atoms with E-state index >= 15 is 0 Å². The number of amides is 1. The van der Waals surface area contributed by atoms with E-state index in [2.05, 4.69) is 34.7 Å². The number of nitrogens with zero attached hydrogens (tertiary/aromatic N) is 2. The SMILES string of the molecule is CC[C@@]1(C)Cc2c(sc3nc(SC)nc(NNC(=O)C4CC4)c23)CO1. The molecule has 0 saturated heterocycles. The Hall–Kier alpha value is -1.38. The molecule has 2 aliphatic rings. The maximum absolute atomic E-state index is 12.0. The lowest BCUT2D eigenvalue weighted by Crippen LogP contribution is -2.34. The fourth-order valence-electron chi connectivity index (χ4n) is 3.03. The number of hydrazine groups is 1. The Balaban J connectivity index is 1.74. The van der Waals surface area contributed by atoms with Crippen molar-refractivity contribution in [3.63, 3.8) is 0 Å². The third kappa shape index (κ3) is 3.22. The topological polar surface area (TPSA) is 76.1 Å². The van der Waals surface area contributed by atoms with Gasteiger partial charge in [-0.15, -0.1) is 11.3 Å². The van der Waals surface area contributed by atoms with Gasteiger partial charge in [-0.2, -0.15) is 0 Å². The molecule has 0 bridgehead atoms. The van der Waals surface area contributed by atoms with Gasteiger partial charge in [0.25, 0.3) is 0 Å². The first kappa shape index (κ1) is 17.1. The van der Waals surface area contributed by atoms with E-state index in [1.807, 2.05) is 6.26 Å². The second kappa shape index (κ2) is 6.41. The zero-order valence-corrected chi connectivity index (χ0v) is 16.3. The highest BCUT2D eigenvalue weighted by Gasteiger charge is 2.34. The number of carbonyl (C=O) groups is 1. The van der Waals surface area contributed by atoms with Gasteiger partial charge in [-0.3, -0.25) is 15.6 Å². The number of anilines is 1. The Bertz CT molecular complexity index is 834. The minimum absolute atomic E-state index is 0.0447. The van der Waals surface area contributed by atoms with E-state index in [0.717, 1.165) is 35.9 Å². The van der Waals surface area contributed by atoms with Gasteiger partial charge < -0.3 is 4.74 Å². The van der Waals surface area contributed by atoms with Crippen LogP contribution in [0.2, 0.25) is 0 Å². The van der Waals surface area contributed by atoms with Gasteiger partial charge in [0, 0.05) is 17.2 Å². The molecule has 1 aliphatic carbocycles. The van der Waals surface area contributed by atoms with Crippen LogP contribution in [0.25, 0.3) is 10.2 Å². The zero-order chi connectivity index (χ0) is 17.6. The average Bonchev–Trinajstić information content (AvgIpc) is 3.41. The largest absolute Gasteiger partial charge is 0.369 e.